The van der Waals surface area contributed by atoms with Crippen molar-refractivity contribution in [3.63, 3.8) is 0 Å². The lowest BCUT2D eigenvalue weighted by Gasteiger charge is -2.14. The van der Waals surface area contributed by atoms with E-state index in [1.54, 1.807) is 12.3 Å². The van der Waals surface area contributed by atoms with Crippen molar-refractivity contribution < 1.29 is 18.0 Å². The number of hydrogen-bond acceptors (Lipinski definition) is 3. The van der Waals surface area contributed by atoms with Gasteiger partial charge in [-0.25, -0.2) is 4.68 Å². The number of fused-ring (bicyclic) bond motifs is 1. The molecule has 0 unspecified atom stereocenters. The highest BCUT2D eigenvalue weighted by Gasteiger charge is 2.33. The summed E-state index contributed by atoms with van der Waals surface area (Å²) in [6, 6.07) is 9.52. The van der Waals surface area contributed by atoms with Gasteiger partial charge in [0.1, 0.15) is 5.69 Å². The number of aryl methyl sites for hydroxylation is 2. The molecule has 1 amide bonds. The summed E-state index contributed by atoms with van der Waals surface area (Å²) >= 11 is 0. The molecule has 0 saturated carbocycles. The monoisotopic (exact) mass is 386 g/mol. The molecule has 1 N–H and O–H groups in total. The third-order valence-corrected chi connectivity index (χ3v) is 4.86. The molecule has 0 saturated heterocycles. The van der Waals surface area contributed by atoms with Crippen molar-refractivity contribution in [2.45, 2.75) is 32.0 Å². The summed E-state index contributed by atoms with van der Waals surface area (Å²) in [6.45, 7) is 1.87. The van der Waals surface area contributed by atoms with Gasteiger partial charge in [0.15, 0.2) is 0 Å². The second-order valence-corrected chi connectivity index (χ2v) is 6.75. The van der Waals surface area contributed by atoms with Crippen molar-refractivity contribution in [3.8, 4) is 5.69 Å². The van der Waals surface area contributed by atoms with Gasteiger partial charge in [0.25, 0.3) is 5.91 Å². The van der Waals surface area contributed by atoms with Crippen molar-refractivity contribution in [1.29, 1.82) is 0 Å². The van der Waals surface area contributed by atoms with Gasteiger partial charge in [-0.05, 0) is 43.5 Å². The standard InChI is InChI=1S/C20H17F3N4O/c1-12-4-2-3-5-14(12)19(28)25-16-6-7-17-15(16)11-27(26-17)13-8-9-24-18(10-13)20(21,22)23/h2-5,8-11,16H,6-7H2,1H3,(H,25,28)/t16-/m0/s1. The molecule has 28 heavy (non-hydrogen) atoms. The Hall–Kier alpha value is -3.16. The van der Waals surface area contributed by atoms with Crippen LogP contribution in [0.4, 0.5) is 13.2 Å². The predicted octanol–water partition coefficient (Wildman–Crippen LogP) is 4.01. The van der Waals surface area contributed by atoms with E-state index in [1.807, 2.05) is 25.1 Å². The number of nitrogens with zero attached hydrogens (tertiary/aromatic N) is 3. The molecule has 1 aromatic carbocycles. The molecule has 1 aliphatic carbocycles. The van der Waals surface area contributed by atoms with Gasteiger partial charge in [0.05, 0.1) is 17.4 Å². The Morgan fingerprint density at radius 1 is 1.25 bits per heavy atom. The molecule has 3 aromatic rings. The number of nitrogens with one attached hydrogen (secondary N) is 1. The van der Waals surface area contributed by atoms with Gasteiger partial charge in [0.2, 0.25) is 0 Å². The summed E-state index contributed by atoms with van der Waals surface area (Å²) in [6.07, 6.45) is -0.364. The Morgan fingerprint density at radius 3 is 2.79 bits per heavy atom. The van der Waals surface area contributed by atoms with Crippen LogP contribution in [0.1, 0.15) is 45.3 Å². The third kappa shape index (κ3) is 3.37. The van der Waals surface area contributed by atoms with Gasteiger partial charge in [-0.3, -0.25) is 9.78 Å². The molecule has 1 atom stereocenters. The first-order valence-corrected chi connectivity index (χ1v) is 8.81. The van der Waals surface area contributed by atoms with E-state index >= 15 is 0 Å². The molecular weight excluding hydrogens is 369 g/mol. The second-order valence-electron chi connectivity index (χ2n) is 6.75. The van der Waals surface area contributed by atoms with Crippen LogP contribution in [0.15, 0.2) is 48.8 Å². The van der Waals surface area contributed by atoms with Crippen LogP contribution < -0.4 is 5.32 Å². The molecular formula is C20H17F3N4O. The minimum Gasteiger partial charge on any atom is -0.345 e. The first kappa shape index (κ1) is 18.2. The SMILES string of the molecule is Cc1ccccc1C(=O)N[C@H]1CCc2nn(-c3ccnc(C(F)(F)F)c3)cc21. The summed E-state index contributed by atoms with van der Waals surface area (Å²) in [4.78, 5) is 16.0. The zero-order chi connectivity index (χ0) is 19.9. The molecule has 5 nitrogen and oxygen atoms in total. The number of hydrogen-bond donors (Lipinski definition) is 1. The number of rotatable bonds is 3. The largest absolute Gasteiger partial charge is 0.433 e. The summed E-state index contributed by atoms with van der Waals surface area (Å²) in [7, 11) is 0. The van der Waals surface area contributed by atoms with Gasteiger partial charge in [-0.2, -0.15) is 18.3 Å². The Bertz CT molecular complexity index is 1040. The highest BCUT2D eigenvalue weighted by molar-refractivity contribution is 5.95. The number of carbonyl (C=O) groups is 1. The van der Waals surface area contributed by atoms with Crippen molar-refractivity contribution in [2.24, 2.45) is 0 Å². The first-order chi connectivity index (χ1) is 13.3. The highest BCUT2D eigenvalue weighted by atomic mass is 19.4. The normalized spacial score (nSPS) is 16.1. The van der Waals surface area contributed by atoms with Crippen LogP contribution in [-0.4, -0.2) is 20.7 Å². The van der Waals surface area contributed by atoms with Crippen molar-refractivity contribution in [2.75, 3.05) is 0 Å². The molecule has 144 valence electrons. The fourth-order valence-electron chi connectivity index (χ4n) is 3.41. The number of amides is 1. The number of aromatic nitrogens is 3. The molecule has 0 aliphatic heterocycles. The first-order valence-electron chi connectivity index (χ1n) is 8.81. The molecule has 0 spiro atoms. The fourth-order valence-corrected chi connectivity index (χ4v) is 3.41. The predicted molar refractivity (Wildman–Crippen MR) is 96.1 cm³/mol. The smallest absolute Gasteiger partial charge is 0.345 e. The van der Waals surface area contributed by atoms with E-state index in [2.05, 4.69) is 15.4 Å². The Labute approximate surface area is 159 Å². The average molecular weight is 386 g/mol. The maximum absolute atomic E-state index is 12.9. The summed E-state index contributed by atoms with van der Waals surface area (Å²) in [5.41, 5.74) is 2.40. The average Bonchev–Trinajstić information content (AvgIpc) is 3.23. The topological polar surface area (TPSA) is 59.8 Å². The van der Waals surface area contributed by atoms with E-state index < -0.39 is 11.9 Å². The minimum absolute atomic E-state index is 0.174. The van der Waals surface area contributed by atoms with E-state index in [0.29, 0.717) is 18.4 Å². The maximum Gasteiger partial charge on any atom is 0.433 e. The van der Waals surface area contributed by atoms with E-state index in [4.69, 9.17) is 0 Å². The number of halogens is 3. The molecule has 0 fully saturated rings. The van der Waals surface area contributed by atoms with Crippen LogP contribution in [0.25, 0.3) is 5.69 Å². The van der Waals surface area contributed by atoms with Gasteiger partial charge in [0, 0.05) is 23.5 Å². The van der Waals surface area contributed by atoms with Crippen molar-refractivity contribution in [1.82, 2.24) is 20.1 Å². The molecule has 4 rings (SSSR count). The van der Waals surface area contributed by atoms with Gasteiger partial charge in [-0.1, -0.05) is 18.2 Å². The van der Waals surface area contributed by atoms with Crippen molar-refractivity contribution >= 4 is 5.91 Å². The third-order valence-electron chi connectivity index (χ3n) is 4.86. The molecule has 2 heterocycles. The zero-order valence-electron chi connectivity index (χ0n) is 15.0. The second kappa shape index (κ2) is 6.78. The Morgan fingerprint density at radius 2 is 2.04 bits per heavy atom. The lowest BCUT2D eigenvalue weighted by molar-refractivity contribution is -0.141. The summed E-state index contributed by atoms with van der Waals surface area (Å²) < 4.78 is 40.1. The Kier molecular flexibility index (Phi) is 4.41. The molecule has 0 radical (unpaired) electrons. The molecule has 1 aliphatic rings. The van der Waals surface area contributed by atoms with E-state index in [1.165, 1.54) is 10.7 Å². The summed E-state index contributed by atoms with van der Waals surface area (Å²) in [5, 5.41) is 7.41. The number of alkyl halides is 3. The lowest BCUT2D eigenvalue weighted by atomic mass is 10.1. The van der Waals surface area contributed by atoms with Gasteiger partial charge >= 0.3 is 6.18 Å². The van der Waals surface area contributed by atoms with E-state index in [-0.39, 0.29) is 17.6 Å². The lowest BCUT2D eigenvalue weighted by Crippen LogP contribution is -2.27. The van der Waals surface area contributed by atoms with Gasteiger partial charge < -0.3 is 5.32 Å². The van der Waals surface area contributed by atoms with E-state index in [9.17, 15) is 18.0 Å². The maximum atomic E-state index is 12.9. The Balaban J connectivity index is 1.58. The van der Waals surface area contributed by atoms with Crippen LogP contribution in [0.5, 0.6) is 0 Å². The number of benzene rings is 1. The molecule has 2 aromatic heterocycles. The summed E-state index contributed by atoms with van der Waals surface area (Å²) in [5.74, 6) is -0.174. The number of carbonyl (C=O) groups excluding carboxylic acids is 1. The zero-order valence-corrected chi connectivity index (χ0v) is 15.0. The fraction of sp³-hybridized carbons (Fsp3) is 0.250. The van der Waals surface area contributed by atoms with Crippen molar-refractivity contribution in [3.05, 3.63) is 76.9 Å². The molecule has 8 heteroatoms. The highest BCUT2D eigenvalue weighted by Crippen LogP contribution is 2.32. The van der Waals surface area contributed by atoms with Crippen LogP contribution >= 0.6 is 0 Å². The molecule has 0 bridgehead atoms. The van der Waals surface area contributed by atoms with Crippen LogP contribution in [0.2, 0.25) is 0 Å². The number of pyridine rings is 1. The van der Waals surface area contributed by atoms with Crippen LogP contribution in [-0.2, 0) is 12.6 Å². The van der Waals surface area contributed by atoms with Gasteiger partial charge in [-0.15, -0.1) is 0 Å². The van der Waals surface area contributed by atoms with Crippen LogP contribution in [0, 0.1) is 6.92 Å². The quantitative estimate of drug-likeness (QED) is 0.740. The van der Waals surface area contributed by atoms with E-state index in [0.717, 1.165) is 29.1 Å². The minimum atomic E-state index is -4.52. The van der Waals surface area contributed by atoms with Crippen LogP contribution in [0.3, 0.4) is 0 Å².